The van der Waals surface area contributed by atoms with Gasteiger partial charge in [-0.1, -0.05) is 18.2 Å². The summed E-state index contributed by atoms with van der Waals surface area (Å²) in [6.07, 6.45) is 0. The SMILES string of the molecule is CC(=O)C(C)(C)S(=O)(=O)c1ccccc1. The minimum Gasteiger partial charge on any atom is -0.298 e. The molecule has 0 radical (unpaired) electrons. The number of Topliss-reactive ketones (excluding diaryl/α,β-unsaturated/α-hetero) is 1. The molecule has 0 saturated heterocycles. The first-order valence-electron chi connectivity index (χ1n) is 4.61. The highest BCUT2D eigenvalue weighted by Crippen LogP contribution is 2.25. The van der Waals surface area contributed by atoms with Crippen molar-refractivity contribution in [3.8, 4) is 0 Å². The summed E-state index contributed by atoms with van der Waals surface area (Å²) >= 11 is 0. The Morgan fingerprint density at radius 2 is 1.60 bits per heavy atom. The van der Waals surface area contributed by atoms with Crippen molar-refractivity contribution in [2.75, 3.05) is 0 Å². The van der Waals surface area contributed by atoms with Gasteiger partial charge in [-0.05, 0) is 32.9 Å². The number of carbonyl (C=O) groups is 1. The van der Waals surface area contributed by atoms with Gasteiger partial charge in [0.1, 0.15) is 4.75 Å². The number of sulfone groups is 1. The first-order valence-corrected chi connectivity index (χ1v) is 6.09. The zero-order valence-electron chi connectivity index (χ0n) is 9.02. The van der Waals surface area contributed by atoms with Crippen LogP contribution in [0.5, 0.6) is 0 Å². The van der Waals surface area contributed by atoms with E-state index in [0.717, 1.165) is 0 Å². The molecule has 0 aliphatic heterocycles. The molecule has 0 N–H and O–H groups in total. The van der Waals surface area contributed by atoms with Crippen LogP contribution < -0.4 is 0 Å². The average Bonchev–Trinajstić information content (AvgIpc) is 2.18. The van der Waals surface area contributed by atoms with Crippen molar-refractivity contribution in [3.05, 3.63) is 30.3 Å². The predicted octanol–water partition coefficient (Wildman–Crippen LogP) is 1.83. The molecule has 15 heavy (non-hydrogen) atoms. The molecule has 0 heterocycles. The van der Waals surface area contributed by atoms with Crippen LogP contribution >= 0.6 is 0 Å². The summed E-state index contributed by atoms with van der Waals surface area (Å²) in [6.45, 7) is 4.15. The molecule has 0 unspecified atom stereocenters. The molecule has 0 fully saturated rings. The normalized spacial score (nSPS) is 12.5. The molecule has 1 rings (SSSR count). The van der Waals surface area contributed by atoms with Gasteiger partial charge in [0.25, 0.3) is 0 Å². The molecule has 1 aromatic carbocycles. The van der Waals surface area contributed by atoms with Gasteiger partial charge in [-0.2, -0.15) is 0 Å². The Morgan fingerprint density at radius 1 is 1.13 bits per heavy atom. The Kier molecular flexibility index (Phi) is 3.00. The Hall–Kier alpha value is -1.16. The number of ketones is 1. The largest absolute Gasteiger partial charge is 0.298 e. The first kappa shape index (κ1) is 11.9. The number of hydrogen-bond acceptors (Lipinski definition) is 3. The molecular weight excluding hydrogens is 212 g/mol. The summed E-state index contributed by atoms with van der Waals surface area (Å²) in [6, 6.07) is 8.02. The lowest BCUT2D eigenvalue weighted by Crippen LogP contribution is -2.38. The lowest BCUT2D eigenvalue weighted by atomic mass is 10.1. The van der Waals surface area contributed by atoms with Crippen LogP contribution in [0.2, 0.25) is 0 Å². The van der Waals surface area contributed by atoms with E-state index >= 15 is 0 Å². The molecule has 0 atom stereocenters. The minimum absolute atomic E-state index is 0.185. The fourth-order valence-electron chi connectivity index (χ4n) is 1.08. The number of rotatable bonds is 3. The maximum atomic E-state index is 12.1. The van der Waals surface area contributed by atoms with Gasteiger partial charge in [-0.3, -0.25) is 4.79 Å². The molecule has 1 aromatic rings. The van der Waals surface area contributed by atoms with Crippen LogP contribution in [0.4, 0.5) is 0 Å². The van der Waals surface area contributed by atoms with E-state index < -0.39 is 14.6 Å². The second-order valence-electron chi connectivity index (χ2n) is 3.88. The Bertz CT molecular complexity index is 458. The lowest BCUT2D eigenvalue weighted by Gasteiger charge is -2.21. The van der Waals surface area contributed by atoms with E-state index in [1.165, 1.54) is 32.9 Å². The summed E-state index contributed by atoms with van der Waals surface area (Å²) in [7, 11) is -3.59. The second kappa shape index (κ2) is 3.77. The van der Waals surface area contributed by atoms with E-state index in [9.17, 15) is 13.2 Å². The monoisotopic (exact) mass is 226 g/mol. The highest BCUT2D eigenvalue weighted by atomic mass is 32.2. The van der Waals surface area contributed by atoms with Crippen molar-refractivity contribution >= 4 is 15.6 Å². The van der Waals surface area contributed by atoms with Gasteiger partial charge in [-0.25, -0.2) is 8.42 Å². The van der Waals surface area contributed by atoms with Gasteiger partial charge in [0, 0.05) is 0 Å². The van der Waals surface area contributed by atoms with E-state index in [2.05, 4.69) is 0 Å². The van der Waals surface area contributed by atoms with Gasteiger partial charge < -0.3 is 0 Å². The van der Waals surface area contributed by atoms with E-state index in [0.29, 0.717) is 0 Å². The Morgan fingerprint density at radius 3 is 2.00 bits per heavy atom. The van der Waals surface area contributed by atoms with Gasteiger partial charge in [-0.15, -0.1) is 0 Å². The summed E-state index contributed by atoms with van der Waals surface area (Å²) in [5.41, 5.74) is 0. The topological polar surface area (TPSA) is 51.2 Å². The van der Waals surface area contributed by atoms with Crippen molar-refractivity contribution in [1.82, 2.24) is 0 Å². The maximum Gasteiger partial charge on any atom is 0.190 e. The van der Waals surface area contributed by atoms with Crippen LogP contribution in [-0.4, -0.2) is 18.9 Å². The van der Waals surface area contributed by atoms with Crippen molar-refractivity contribution < 1.29 is 13.2 Å². The fraction of sp³-hybridized carbons (Fsp3) is 0.364. The second-order valence-corrected chi connectivity index (χ2v) is 6.38. The molecule has 0 aromatic heterocycles. The predicted molar refractivity (Wildman–Crippen MR) is 58.4 cm³/mol. The van der Waals surface area contributed by atoms with Gasteiger partial charge >= 0.3 is 0 Å². The molecule has 4 heteroatoms. The third-order valence-electron chi connectivity index (χ3n) is 2.57. The van der Waals surface area contributed by atoms with Crippen LogP contribution in [0.25, 0.3) is 0 Å². The highest BCUT2D eigenvalue weighted by Gasteiger charge is 2.39. The van der Waals surface area contributed by atoms with Crippen LogP contribution in [0, 0.1) is 0 Å². The molecular formula is C11H14O3S. The van der Waals surface area contributed by atoms with Crippen molar-refractivity contribution in [3.63, 3.8) is 0 Å². The smallest absolute Gasteiger partial charge is 0.190 e. The number of carbonyl (C=O) groups excluding carboxylic acids is 1. The van der Waals surface area contributed by atoms with Crippen LogP contribution in [0.15, 0.2) is 35.2 Å². The van der Waals surface area contributed by atoms with Crippen LogP contribution in [-0.2, 0) is 14.6 Å². The number of benzene rings is 1. The van der Waals surface area contributed by atoms with E-state index in [-0.39, 0.29) is 10.7 Å². The molecule has 0 saturated carbocycles. The summed E-state index contributed by atoms with van der Waals surface area (Å²) in [5, 5.41) is 0. The maximum absolute atomic E-state index is 12.1. The highest BCUT2D eigenvalue weighted by molar-refractivity contribution is 7.93. The first-order chi connectivity index (χ1) is 6.80. The molecule has 0 aliphatic carbocycles. The van der Waals surface area contributed by atoms with Crippen molar-refractivity contribution in [1.29, 1.82) is 0 Å². The molecule has 0 amide bonds. The van der Waals surface area contributed by atoms with E-state index in [4.69, 9.17) is 0 Å². The minimum atomic E-state index is -3.59. The van der Waals surface area contributed by atoms with Crippen molar-refractivity contribution in [2.45, 2.75) is 30.4 Å². The Balaban J connectivity index is 3.33. The third kappa shape index (κ3) is 1.95. The number of hydrogen-bond donors (Lipinski definition) is 0. The Labute approximate surface area is 90.0 Å². The standard InChI is InChI=1S/C11H14O3S/c1-9(12)11(2,3)15(13,14)10-7-5-4-6-8-10/h4-8H,1-3H3. The zero-order valence-corrected chi connectivity index (χ0v) is 9.84. The van der Waals surface area contributed by atoms with E-state index in [1.54, 1.807) is 18.2 Å². The molecule has 0 spiro atoms. The quantitative estimate of drug-likeness (QED) is 0.790. The van der Waals surface area contributed by atoms with Crippen molar-refractivity contribution in [2.24, 2.45) is 0 Å². The summed E-state index contributed by atoms with van der Waals surface area (Å²) in [4.78, 5) is 11.5. The average molecular weight is 226 g/mol. The van der Waals surface area contributed by atoms with E-state index in [1.807, 2.05) is 0 Å². The van der Waals surface area contributed by atoms with Crippen LogP contribution in [0.3, 0.4) is 0 Å². The zero-order chi connectivity index (χ0) is 11.7. The van der Waals surface area contributed by atoms with Gasteiger partial charge in [0.05, 0.1) is 4.90 Å². The third-order valence-corrected chi connectivity index (χ3v) is 5.10. The molecule has 0 aliphatic rings. The van der Waals surface area contributed by atoms with Gasteiger partial charge in [0.2, 0.25) is 0 Å². The van der Waals surface area contributed by atoms with Crippen LogP contribution in [0.1, 0.15) is 20.8 Å². The molecule has 0 bridgehead atoms. The van der Waals surface area contributed by atoms with Gasteiger partial charge in [0.15, 0.2) is 15.6 Å². The summed E-state index contributed by atoms with van der Waals surface area (Å²) < 4.78 is 22.8. The molecule has 3 nitrogen and oxygen atoms in total. The molecule has 82 valence electrons. The summed E-state index contributed by atoms with van der Waals surface area (Å²) in [5.74, 6) is -0.355. The lowest BCUT2D eigenvalue weighted by molar-refractivity contribution is -0.118. The fourth-order valence-corrected chi connectivity index (χ4v) is 2.57.